The second-order valence-electron chi connectivity index (χ2n) is 6.26. The lowest BCUT2D eigenvalue weighted by molar-refractivity contribution is -0.132. The van der Waals surface area contributed by atoms with E-state index in [1.165, 1.54) is 24.3 Å². The normalized spacial score (nSPS) is 21.1. The number of thiazole rings is 1. The minimum absolute atomic E-state index is 0.217. The zero-order chi connectivity index (χ0) is 15.6. The highest BCUT2D eigenvalue weighted by Crippen LogP contribution is 2.23. The molecule has 2 aliphatic rings. The van der Waals surface area contributed by atoms with Gasteiger partial charge in [0.05, 0.1) is 12.1 Å². The molecule has 0 saturated carbocycles. The molecule has 7 heteroatoms. The highest BCUT2D eigenvalue weighted by atomic mass is 32.2. The molecular formula is C16H22N4OS2. The van der Waals surface area contributed by atoms with Gasteiger partial charge in [-0.25, -0.2) is 4.98 Å². The molecule has 4 rings (SSSR count). The quantitative estimate of drug-likeness (QED) is 0.849. The SMILES string of the molecule is O=C(Cc1cn2ccsc2n1)N1CCN(C2CCSCC2)CC1. The Morgan fingerprint density at radius 2 is 2.00 bits per heavy atom. The number of hydrogen-bond acceptors (Lipinski definition) is 5. The first-order valence-electron chi connectivity index (χ1n) is 8.30. The van der Waals surface area contributed by atoms with Crippen LogP contribution in [0.25, 0.3) is 4.96 Å². The van der Waals surface area contributed by atoms with Gasteiger partial charge in [0.1, 0.15) is 0 Å². The molecule has 2 saturated heterocycles. The van der Waals surface area contributed by atoms with Crippen molar-refractivity contribution < 1.29 is 4.79 Å². The number of carbonyl (C=O) groups is 1. The van der Waals surface area contributed by atoms with Crippen molar-refractivity contribution in [3.05, 3.63) is 23.5 Å². The lowest BCUT2D eigenvalue weighted by atomic mass is 10.1. The van der Waals surface area contributed by atoms with Crippen LogP contribution < -0.4 is 0 Å². The zero-order valence-electron chi connectivity index (χ0n) is 13.2. The Morgan fingerprint density at radius 3 is 2.74 bits per heavy atom. The maximum atomic E-state index is 12.5. The van der Waals surface area contributed by atoms with Crippen LogP contribution in [0.5, 0.6) is 0 Å². The number of nitrogens with zero attached hydrogens (tertiary/aromatic N) is 4. The molecular weight excluding hydrogens is 328 g/mol. The van der Waals surface area contributed by atoms with Crippen LogP contribution in [0.3, 0.4) is 0 Å². The number of thioether (sulfide) groups is 1. The minimum Gasteiger partial charge on any atom is -0.340 e. The number of rotatable bonds is 3. The third-order valence-electron chi connectivity index (χ3n) is 4.85. The first-order valence-corrected chi connectivity index (χ1v) is 10.3. The van der Waals surface area contributed by atoms with Gasteiger partial charge in [0.15, 0.2) is 4.96 Å². The molecule has 0 unspecified atom stereocenters. The number of imidazole rings is 1. The largest absolute Gasteiger partial charge is 0.340 e. The van der Waals surface area contributed by atoms with Gasteiger partial charge in [-0.15, -0.1) is 11.3 Å². The topological polar surface area (TPSA) is 40.9 Å². The van der Waals surface area contributed by atoms with Crippen LogP contribution in [0.4, 0.5) is 0 Å². The molecule has 2 fully saturated rings. The number of carbonyl (C=O) groups excluding carboxylic acids is 1. The number of amides is 1. The summed E-state index contributed by atoms with van der Waals surface area (Å²) in [6.07, 6.45) is 7.00. The Hall–Kier alpha value is -1.05. The molecule has 2 aromatic heterocycles. The fourth-order valence-electron chi connectivity index (χ4n) is 3.51. The summed E-state index contributed by atoms with van der Waals surface area (Å²) in [6.45, 7) is 3.79. The Balaban J connectivity index is 1.30. The van der Waals surface area contributed by atoms with E-state index < -0.39 is 0 Å². The number of piperazine rings is 1. The third kappa shape index (κ3) is 3.41. The standard InChI is InChI=1S/C16H22N4OS2/c21-15(11-13-12-20-7-10-23-16(20)17-13)19-5-3-18(4-6-19)14-1-8-22-9-2-14/h7,10,12,14H,1-6,8-9,11H2. The van der Waals surface area contributed by atoms with Crippen molar-refractivity contribution in [3.63, 3.8) is 0 Å². The molecule has 0 aliphatic carbocycles. The van der Waals surface area contributed by atoms with Gasteiger partial charge in [-0.2, -0.15) is 11.8 Å². The predicted molar refractivity (Wildman–Crippen MR) is 95.3 cm³/mol. The zero-order valence-corrected chi connectivity index (χ0v) is 14.8. The van der Waals surface area contributed by atoms with Crippen LogP contribution in [-0.2, 0) is 11.2 Å². The lowest BCUT2D eigenvalue weighted by Gasteiger charge is -2.40. The van der Waals surface area contributed by atoms with E-state index in [1.807, 2.05) is 27.1 Å². The molecule has 4 heterocycles. The number of fused-ring (bicyclic) bond motifs is 1. The summed E-state index contributed by atoms with van der Waals surface area (Å²) in [5, 5.41) is 2.01. The van der Waals surface area contributed by atoms with Crippen molar-refractivity contribution in [1.29, 1.82) is 0 Å². The van der Waals surface area contributed by atoms with E-state index in [1.54, 1.807) is 11.3 Å². The Morgan fingerprint density at radius 1 is 1.22 bits per heavy atom. The molecule has 124 valence electrons. The third-order valence-corrected chi connectivity index (χ3v) is 6.67. The molecule has 0 spiro atoms. The van der Waals surface area contributed by atoms with E-state index in [2.05, 4.69) is 21.6 Å². The molecule has 0 bridgehead atoms. The molecule has 5 nitrogen and oxygen atoms in total. The predicted octanol–water partition coefficient (Wildman–Crippen LogP) is 1.98. The van der Waals surface area contributed by atoms with Crippen LogP contribution in [0.1, 0.15) is 18.5 Å². The summed E-state index contributed by atoms with van der Waals surface area (Å²) in [5.74, 6) is 2.80. The second kappa shape index (κ2) is 6.83. The van der Waals surface area contributed by atoms with Crippen LogP contribution in [0, 0.1) is 0 Å². The van der Waals surface area contributed by atoms with E-state index in [0.29, 0.717) is 6.42 Å². The van der Waals surface area contributed by atoms with Gasteiger partial charge >= 0.3 is 0 Å². The monoisotopic (exact) mass is 350 g/mol. The maximum Gasteiger partial charge on any atom is 0.228 e. The van der Waals surface area contributed by atoms with Crippen LogP contribution >= 0.6 is 23.1 Å². The minimum atomic E-state index is 0.217. The summed E-state index contributed by atoms with van der Waals surface area (Å²) < 4.78 is 1.99. The van der Waals surface area contributed by atoms with Crippen molar-refractivity contribution in [2.45, 2.75) is 25.3 Å². The molecule has 2 aliphatic heterocycles. The maximum absolute atomic E-state index is 12.5. The Labute approximate surface area is 144 Å². The molecule has 1 amide bonds. The summed E-state index contributed by atoms with van der Waals surface area (Å²) in [5.41, 5.74) is 0.883. The summed E-state index contributed by atoms with van der Waals surface area (Å²) in [7, 11) is 0. The first kappa shape index (κ1) is 15.5. The Kier molecular flexibility index (Phi) is 4.59. The van der Waals surface area contributed by atoms with Crippen molar-refractivity contribution in [2.75, 3.05) is 37.7 Å². The molecule has 0 N–H and O–H groups in total. The van der Waals surface area contributed by atoms with E-state index >= 15 is 0 Å². The first-order chi connectivity index (χ1) is 11.3. The molecule has 0 radical (unpaired) electrons. The van der Waals surface area contributed by atoms with Gasteiger partial charge in [-0.3, -0.25) is 14.1 Å². The Bertz CT molecular complexity index is 640. The van der Waals surface area contributed by atoms with Crippen molar-refractivity contribution in [1.82, 2.24) is 19.2 Å². The lowest BCUT2D eigenvalue weighted by Crippen LogP contribution is -2.52. The summed E-state index contributed by atoms with van der Waals surface area (Å²) in [6, 6.07) is 0.744. The van der Waals surface area contributed by atoms with E-state index in [4.69, 9.17) is 0 Å². The van der Waals surface area contributed by atoms with Crippen LogP contribution in [0.15, 0.2) is 17.8 Å². The van der Waals surface area contributed by atoms with E-state index in [0.717, 1.165) is 42.9 Å². The van der Waals surface area contributed by atoms with Gasteiger partial charge in [0.2, 0.25) is 5.91 Å². The molecule has 2 aromatic rings. The fourth-order valence-corrected chi connectivity index (χ4v) is 5.32. The second-order valence-corrected chi connectivity index (χ2v) is 8.36. The fraction of sp³-hybridized carbons (Fsp3) is 0.625. The average molecular weight is 351 g/mol. The summed E-state index contributed by atoms with van der Waals surface area (Å²) >= 11 is 3.68. The van der Waals surface area contributed by atoms with Crippen molar-refractivity contribution in [3.8, 4) is 0 Å². The van der Waals surface area contributed by atoms with E-state index in [-0.39, 0.29) is 5.91 Å². The van der Waals surface area contributed by atoms with Crippen LogP contribution in [-0.4, -0.2) is 68.8 Å². The van der Waals surface area contributed by atoms with Gasteiger partial charge < -0.3 is 4.90 Å². The molecule has 23 heavy (non-hydrogen) atoms. The number of hydrogen-bond donors (Lipinski definition) is 0. The van der Waals surface area contributed by atoms with Crippen molar-refractivity contribution in [2.24, 2.45) is 0 Å². The van der Waals surface area contributed by atoms with Crippen LogP contribution in [0.2, 0.25) is 0 Å². The molecule has 0 aromatic carbocycles. The van der Waals surface area contributed by atoms with Crippen molar-refractivity contribution >= 4 is 34.0 Å². The van der Waals surface area contributed by atoms with Gasteiger partial charge in [0.25, 0.3) is 0 Å². The smallest absolute Gasteiger partial charge is 0.228 e. The molecule has 0 atom stereocenters. The summed E-state index contributed by atoms with van der Waals surface area (Å²) in [4.78, 5) is 22.6. The number of aromatic nitrogens is 2. The highest BCUT2D eigenvalue weighted by molar-refractivity contribution is 7.99. The van der Waals surface area contributed by atoms with Gasteiger partial charge in [-0.05, 0) is 24.3 Å². The average Bonchev–Trinajstić information content (AvgIpc) is 3.17. The highest BCUT2D eigenvalue weighted by Gasteiger charge is 2.27. The van der Waals surface area contributed by atoms with Gasteiger partial charge in [-0.1, -0.05) is 0 Å². The van der Waals surface area contributed by atoms with E-state index in [9.17, 15) is 4.79 Å². The van der Waals surface area contributed by atoms with Gasteiger partial charge in [0, 0.05) is 50.0 Å².